The molecule has 0 aliphatic carbocycles. The summed E-state index contributed by atoms with van der Waals surface area (Å²) in [4.78, 5) is 0. The Labute approximate surface area is 110 Å². The van der Waals surface area contributed by atoms with E-state index in [1.807, 2.05) is 6.07 Å². The molecule has 0 atom stereocenters. The Morgan fingerprint density at radius 2 is 2.18 bits per heavy atom. The van der Waals surface area contributed by atoms with Gasteiger partial charge in [0.25, 0.3) is 0 Å². The van der Waals surface area contributed by atoms with E-state index in [0.717, 1.165) is 4.47 Å². The van der Waals surface area contributed by atoms with Gasteiger partial charge in [-0.05, 0) is 31.2 Å². The third kappa shape index (κ3) is 4.63. The molecule has 0 aliphatic rings. The molecule has 0 radical (unpaired) electrons. The van der Waals surface area contributed by atoms with Crippen LogP contribution in [0.1, 0.15) is 6.42 Å². The Bertz CT molecular complexity index is 464. The minimum Gasteiger partial charge on any atom is -0.330 e. The van der Waals surface area contributed by atoms with Gasteiger partial charge in [0.05, 0.1) is 5.69 Å². The number of hydrogen-bond donors (Lipinski definition) is 2. The van der Waals surface area contributed by atoms with Gasteiger partial charge in [-0.25, -0.2) is 0 Å². The number of benzene rings is 1. The van der Waals surface area contributed by atoms with Crippen LogP contribution in [0, 0.1) is 0 Å². The summed E-state index contributed by atoms with van der Waals surface area (Å²) >= 11 is 3.28. The maximum absolute atomic E-state index is 11.9. The zero-order chi connectivity index (χ0) is 12.9. The third-order valence-corrected chi connectivity index (χ3v) is 4.15. The molecule has 17 heavy (non-hydrogen) atoms. The van der Waals surface area contributed by atoms with E-state index < -0.39 is 10.2 Å². The fourth-order valence-corrected chi connectivity index (χ4v) is 2.56. The lowest BCUT2D eigenvalue weighted by Crippen LogP contribution is -2.34. The fraction of sp³-hybridized carbons (Fsp3) is 0.400. The molecule has 0 saturated heterocycles. The average Bonchev–Trinajstić information content (AvgIpc) is 2.25. The molecule has 1 rings (SSSR count). The Morgan fingerprint density at radius 1 is 1.47 bits per heavy atom. The van der Waals surface area contributed by atoms with E-state index in [-0.39, 0.29) is 0 Å². The molecule has 0 saturated carbocycles. The second-order valence-electron chi connectivity index (χ2n) is 3.58. The summed E-state index contributed by atoms with van der Waals surface area (Å²) < 4.78 is 28.3. The van der Waals surface area contributed by atoms with Crippen LogP contribution in [0.25, 0.3) is 0 Å². The number of anilines is 1. The van der Waals surface area contributed by atoms with Crippen molar-refractivity contribution in [2.24, 2.45) is 5.73 Å². The molecule has 0 fully saturated rings. The zero-order valence-corrected chi connectivity index (χ0v) is 12.0. The van der Waals surface area contributed by atoms with Crippen molar-refractivity contribution in [2.45, 2.75) is 6.42 Å². The van der Waals surface area contributed by atoms with Crippen molar-refractivity contribution >= 4 is 31.8 Å². The third-order valence-electron chi connectivity index (χ3n) is 2.16. The van der Waals surface area contributed by atoms with E-state index in [4.69, 9.17) is 5.73 Å². The molecule has 0 amide bonds. The van der Waals surface area contributed by atoms with Crippen LogP contribution in [-0.2, 0) is 10.2 Å². The molecule has 0 heterocycles. The molecule has 0 spiro atoms. The van der Waals surface area contributed by atoms with Crippen LogP contribution in [0.5, 0.6) is 0 Å². The monoisotopic (exact) mass is 321 g/mol. The average molecular weight is 322 g/mol. The van der Waals surface area contributed by atoms with Crippen molar-refractivity contribution in [3.63, 3.8) is 0 Å². The molecule has 0 aromatic heterocycles. The summed E-state index contributed by atoms with van der Waals surface area (Å²) in [6.45, 7) is 0.872. The maximum atomic E-state index is 11.9. The van der Waals surface area contributed by atoms with Gasteiger partial charge in [0.2, 0.25) is 0 Å². The molecule has 1 aromatic carbocycles. The van der Waals surface area contributed by atoms with Crippen LogP contribution >= 0.6 is 15.9 Å². The van der Waals surface area contributed by atoms with Gasteiger partial charge in [-0.3, -0.25) is 4.72 Å². The van der Waals surface area contributed by atoms with Gasteiger partial charge in [0.15, 0.2) is 0 Å². The van der Waals surface area contributed by atoms with Crippen LogP contribution in [0.4, 0.5) is 5.69 Å². The van der Waals surface area contributed by atoms with E-state index >= 15 is 0 Å². The van der Waals surface area contributed by atoms with Crippen LogP contribution in [0.3, 0.4) is 0 Å². The minimum atomic E-state index is -3.50. The summed E-state index contributed by atoms with van der Waals surface area (Å²) in [7, 11) is -1.97. The van der Waals surface area contributed by atoms with E-state index in [0.29, 0.717) is 25.2 Å². The largest absolute Gasteiger partial charge is 0.330 e. The number of halogens is 1. The molecule has 5 nitrogen and oxygen atoms in total. The van der Waals surface area contributed by atoms with E-state index in [9.17, 15) is 8.42 Å². The van der Waals surface area contributed by atoms with Crippen LogP contribution < -0.4 is 10.5 Å². The van der Waals surface area contributed by atoms with Crippen LogP contribution in [0.15, 0.2) is 28.7 Å². The Hall–Kier alpha value is -0.630. The smallest absolute Gasteiger partial charge is 0.301 e. The molecule has 1 aromatic rings. The molecule has 3 N–H and O–H groups in total. The quantitative estimate of drug-likeness (QED) is 0.831. The van der Waals surface area contributed by atoms with Gasteiger partial charge in [0, 0.05) is 18.1 Å². The first-order chi connectivity index (χ1) is 7.95. The van der Waals surface area contributed by atoms with Crippen molar-refractivity contribution in [2.75, 3.05) is 24.9 Å². The maximum Gasteiger partial charge on any atom is 0.301 e. The predicted octanol–water partition coefficient (Wildman–Crippen LogP) is 1.39. The fourth-order valence-electron chi connectivity index (χ4n) is 1.21. The van der Waals surface area contributed by atoms with E-state index in [1.165, 1.54) is 11.4 Å². The summed E-state index contributed by atoms with van der Waals surface area (Å²) in [5, 5.41) is 0. The van der Waals surface area contributed by atoms with Crippen molar-refractivity contribution in [1.29, 1.82) is 0 Å². The Kier molecular flexibility index (Phi) is 5.38. The Balaban J connectivity index is 2.72. The summed E-state index contributed by atoms with van der Waals surface area (Å²) in [6, 6.07) is 6.99. The number of nitrogens with zero attached hydrogens (tertiary/aromatic N) is 1. The van der Waals surface area contributed by atoms with E-state index in [2.05, 4.69) is 20.7 Å². The highest BCUT2D eigenvalue weighted by Gasteiger charge is 2.16. The lowest BCUT2D eigenvalue weighted by Gasteiger charge is -2.17. The summed E-state index contributed by atoms with van der Waals surface area (Å²) in [5.74, 6) is 0. The van der Waals surface area contributed by atoms with Gasteiger partial charge >= 0.3 is 10.2 Å². The standard InChI is InChI=1S/C10H16BrN3O2S/c1-14(7-3-6-12)17(15,16)13-10-5-2-4-9(11)8-10/h2,4-5,8,13H,3,6-7,12H2,1H3. The highest BCUT2D eigenvalue weighted by molar-refractivity contribution is 9.10. The summed E-state index contributed by atoms with van der Waals surface area (Å²) in [6.07, 6.45) is 0.635. The lowest BCUT2D eigenvalue weighted by molar-refractivity contribution is 0.468. The van der Waals surface area contributed by atoms with Gasteiger partial charge in [-0.2, -0.15) is 12.7 Å². The number of nitrogens with two attached hydrogens (primary N) is 1. The van der Waals surface area contributed by atoms with Gasteiger partial charge in [0.1, 0.15) is 0 Å². The predicted molar refractivity (Wildman–Crippen MR) is 73.0 cm³/mol. The first kappa shape index (κ1) is 14.4. The van der Waals surface area contributed by atoms with Crippen molar-refractivity contribution in [3.8, 4) is 0 Å². The van der Waals surface area contributed by atoms with Crippen LogP contribution in [0.2, 0.25) is 0 Å². The number of rotatable bonds is 6. The first-order valence-corrected chi connectivity index (χ1v) is 7.39. The lowest BCUT2D eigenvalue weighted by atomic mass is 10.3. The highest BCUT2D eigenvalue weighted by Crippen LogP contribution is 2.17. The molecule has 96 valence electrons. The second-order valence-corrected chi connectivity index (χ2v) is 6.27. The molecule has 7 heteroatoms. The zero-order valence-electron chi connectivity index (χ0n) is 9.56. The molecule has 0 unspecified atom stereocenters. The first-order valence-electron chi connectivity index (χ1n) is 5.15. The molecular formula is C10H16BrN3O2S. The highest BCUT2D eigenvalue weighted by atomic mass is 79.9. The van der Waals surface area contributed by atoms with Crippen molar-refractivity contribution in [1.82, 2.24) is 4.31 Å². The topological polar surface area (TPSA) is 75.4 Å². The van der Waals surface area contributed by atoms with Gasteiger partial charge in [-0.1, -0.05) is 22.0 Å². The molecule has 0 aliphatic heterocycles. The van der Waals surface area contributed by atoms with Gasteiger partial charge < -0.3 is 5.73 Å². The number of nitrogens with one attached hydrogen (secondary N) is 1. The second kappa shape index (κ2) is 6.34. The van der Waals surface area contributed by atoms with E-state index in [1.54, 1.807) is 18.2 Å². The van der Waals surface area contributed by atoms with Gasteiger partial charge in [-0.15, -0.1) is 0 Å². The van der Waals surface area contributed by atoms with Crippen molar-refractivity contribution < 1.29 is 8.42 Å². The molecule has 0 bridgehead atoms. The van der Waals surface area contributed by atoms with Crippen LogP contribution in [-0.4, -0.2) is 32.9 Å². The van der Waals surface area contributed by atoms with Crippen molar-refractivity contribution in [3.05, 3.63) is 28.7 Å². The SMILES string of the molecule is CN(CCCN)S(=O)(=O)Nc1cccc(Br)c1. The molecular weight excluding hydrogens is 306 g/mol. The Morgan fingerprint density at radius 3 is 2.76 bits per heavy atom. The number of hydrogen-bond acceptors (Lipinski definition) is 3. The summed E-state index contributed by atoms with van der Waals surface area (Å²) in [5.41, 5.74) is 5.87. The normalized spacial score (nSPS) is 11.8. The minimum absolute atomic E-state index is 0.403.